The second kappa shape index (κ2) is 5.84. The van der Waals surface area contributed by atoms with E-state index in [4.69, 9.17) is 11.6 Å². The first-order chi connectivity index (χ1) is 9.78. The molecule has 104 valence electrons. The van der Waals surface area contributed by atoms with E-state index in [1.54, 1.807) is 0 Å². The van der Waals surface area contributed by atoms with Crippen molar-refractivity contribution in [1.82, 2.24) is 4.98 Å². The summed E-state index contributed by atoms with van der Waals surface area (Å²) >= 11 is 6.05. The molecule has 1 saturated heterocycles. The molecule has 0 amide bonds. The van der Waals surface area contributed by atoms with Crippen LogP contribution in [0.1, 0.15) is 29.2 Å². The zero-order valence-electron chi connectivity index (χ0n) is 11.7. The van der Waals surface area contributed by atoms with Crippen molar-refractivity contribution in [3.63, 3.8) is 0 Å². The van der Waals surface area contributed by atoms with Crippen LogP contribution in [0.5, 0.6) is 0 Å². The van der Waals surface area contributed by atoms with Crippen molar-refractivity contribution in [2.75, 3.05) is 18.0 Å². The van der Waals surface area contributed by atoms with Crippen molar-refractivity contribution < 1.29 is 0 Å². The first-order valence-corrected chi connectivity index (χ1v) is 7.63. The Morgan fingerprint density at radius 3 is 2.85 bits per heavy atom. The molecule has 2 nitrogen and oxygen atoms in total. The van der Waals surface area contributed by atoms with Gasteiger partial charge in [-0.2, -0.15) is 0 Å². The van der Waals surface area contributed by atoms with Gasteiger partial charge in [0.15, 0.2) is 0 Å². The van der Waals surface area contributed by atoms with Gasteiger partial charge in [0.2, 0.25) is 0 Å². The Kier molecular flexibility index (Phi) is 3.93. The Morgan fingerprint density at radius 2 is 2.10 bits per heavy atom. The maximum absolute atomic E-state index is 6.05. The standard InChI is InChI=1S/C17H19ClN2/c1-13-9-17(16(10-18)11-19-13)20-8-7-15(12-20)14-5-3-2-4-6-14/h2-6,9,11,15H,7-8,10,12H2,1H3. The number of rotatable bonds is 3. The van der Waals surface area contributed by atoms with Crippen LogP contribution in [0.3, 0.4) is 0 Å². The molecule has 1 aliphatic heterocycles. The van der Waals surface area contributed by atoms with Crippen molar-refractivity contribution in [3.05, 3.63) is 59.4 Å². The van der Waals surface area contributed by atoms with Crippen LogP contribution in [0.15, 0.2) is 42.6 Å². The summed E-state index contributed by atoms with van der Waals surface area (Å²) in [4.78, 5) is 6.80. The fourth-order valence-electron chi connectivity index (χ4n) is 2.95. The fraction of sp³-hybridized carbons (Fsp3) is 0.353. The van der Waals surface area contributed by atoms with Crippen LogP contribution in [-0.2, 0) is 5.88 Å². The van der Waals surface area contributed by atoms with Gasteiger partial charge in [-0.1, -0.05) is 30.3 Å². The first kappa shape index (κ1) is 13.4. The van der Waals surface area contributed by atoms with Gasteiger partial charge in [0.05, 0.1) is 5.88 Å². The molecule has 20 heavy (non-hydrogen) atoms. The molecular formula is C17H19ClN2. The first-order valence-electron chi connectivity index (χ1n) is 7.09. The van der Waals surface area contributed by atoms with Gasteiger partial charge in [-0.05, 0) is 25.0 Å². The van der Waals surface area contributed by atoms with Crippen LogP contribution in [0.25, 0.3) is 0 Å². The highest BCUT2D eigenvalue weighted by atomic mass is 35.5. The molecule has 0 saturated carbocycles. The van der Waals surface area contributed by atoms with Crippen molar-refractivity contribution in [3.8, 4) is 0 Å². The number of benzene rings is 1. The molecule has 1 aromatic heterocycles. The number of nitrogens with zero attached hydrogens (tertiary/aromatic N) is 2. The molecule has 3 rings (SSSR count). The van der Waals surface area contributed by atoms with Crippen LogP contribution >= 0.6 is 11.6 Å². The Labute approximate surface area is 125 Å². The summed E-state index contributed by atoms with van der Waals surface area (Å²) in [6.07, 6.45) is 3.11. The highest BCUT2D eigenvalue weighted by molar-refractivity contribution is 6.17. The van der Waals surface area contributed by atoms with Gasteiger partial charge in [0.25, 0.3) is 0 Å². The van der Waals surface area contributed by atoms with Crippen molar-refractivity contribution >= 4 is 17.3 Å². The monoisotopic (exact) mass is 286 g/mol. The molecule has 3 heteroatoms. The van der Waals surface area contributed by atoms with E-state index < -0.39 is 0 Å². The molecule has 0 radical (unpaired) electrons. The third-order valence-corrected chi connectivity index (χ3v) is 4.33. The normalized spacial score (nSPS) is 18.5. The van der Waals surface area contributed by atoms with E-state index in [9.17, 15) is 0 Å². The molecule has 1 aromatic carbocycles. The zero-order chi connectivity index (χ0) is 13.9. The predicted octanol–water partition coefficient (Wildman–Crippen LogP) is 4.12. The number of halogens is 1. The fourth-order valence-corrected chi connectivity index (χ4v) is 3.15. The van der Waals surface area contributed by atoms with Crippen LogP contribution in [0.2, 0.25) is 0 Å². The van der Waals surface area contributed by atoms with Gasteiger partial charge >= 0.3 is 0 Å². The summed E-state index contributed by atoms with van der Waals surface area (Å²) in [5.41, 5.74) is 4.88. The predicted molar refractivity (Wildman–Crippen MR) is 84.5 cm³/mol. The van der Waals surface area contributed by atoms with Gasteiger partial charge < -0.3 is 4.90 Å². The second-order valence-electron chi connectivity index (χ2n) is 5.43. The number of aromatic nitrogens is 1. The molecule has 2 heterocycles. The van der Waals surface area contributed by atoms with E-state index in [0.717, 1.165) is 24.3 Å². The lowest BCUT2D eigenvalue weighted by atomic mass is 9.99. The van der Waals surface area contributed by atoms with E-state index in [-0.39, 0.29) is 0 Å². The summed E-state index contributed by atoms with van der Waals surface area (Å²) in [6, 6.07) is 12.9. The van der Waals surface area contributed by atoms with Crippen LogP contribution in [0.4, 0.5) is 5.69 Å². The van der Waals surface area contributed by atoms with Gasteiger partial charge in [-0.3, -0.25) is 4.98 Å². The van der Waals surface area contributed by atoms with Gasteiger partial charge in [0.1, 0.15) is 0 Å². The van der Waals surface area contributed by atoms with Gasteiger partial charge in [-0.15, -0.1) is 11.6 Å². The van der Waals surface area contributed by atoms with Crippen molar-refractivity contribution in [2.45, 2.75) is 25.1 Å². The van der Waals surface area contributed by atoms with E-state index in [2.05, 4.69) is 46.3 Å². The minimum Gasteiger partial charge on any atom is -0.371 e. The van der Waals surface area contributed by atoms with Crippen LogP contribution in [0, 0.1) is 6.92 Å². The number of aryl methyl sites for hydroxylation is 1. The van der Waals surface area contributed by atoms with Crippen LogP contribution in [-0.4, -0.2) is 18.1 Å². The smallest absolute Gasteiger partial charge is 0.0509 e. The molecule has 0 bridgehead atoms. The van der Waals surface area contributed by atoms with Crippen molar-refractivity contribution in [2.24, 2.45) is 0 Å². The summed E-state index contributed by atoms with van der Waals surface area (Å²) < 4.78 is 0. The minimum absolute atomic E-state index is 0.523. The number of pyridine rings is 1. The molecule has 0 N–H and O–H groups in total. The third-order valence-electron chi connectivity index (χ3n) is 4.04. The van der Waals surface area contributed by atoms with E-state index >= 15 is 0 Å². The lowest BCUT2D eigenvalue weighted by Crippen LogP contribution is -2.20. The zero-order valence-corrected chi connectivity index (χ0v) is 12.5. The number of anilines is 1. The van der Waals surface area contributed by atoms with Crippen LogP contribution < -0.4 is 4.90 Å². The molecule has 1 atom stereocenters. The summed E-state index contributed by atoms with van der Waals surface area (Å²) in [6.45, 7) is 4.19. The topological polar surface area (TPSA) is 16.1 Å². The maximum atomic E-state index is 6.05. The maximum Gasteiger partial charge on any atom is 0.0509 e. The summed E-state index contributed by atoms with van der Waals surface area (Å²) in [7, 11) is 0. The molecular weight excluding hydrogens is 268 g/mol. The molecule has 2 aromatic rings. The minimum atomic E-state index is 0.523. The third kappa shape index (κ3) is 2.66. The molecule has 0 spiro atoms. The van der Waals surface area contributed by atoms with Gasteiger partial charge in [-0.25, -0.2) is 0 Å². The second-order valence-corrected chi connectivity index (χ2v) is 5.70. The quantitative estimate of drug-likeness (QED) is 0.789. The molecule has 1 fully saturated rings. The van der Waals surface area contributed by atoms with E-state index in [0.29, 0.717) is 11.8 Å². The average Bonchev–Trinajstić information content (AvgIpc) is 2.98. The Hall–Kier alpha value is -1.54. The SMILES string of the molecule is Cc1cc(N2CCC(c3ccccc3)C2)c(CCl)cn1. The highest BCUT2D eigenvalue weighted by Gasteiger charge is 2.25. The molecule has 0 aliphatic carbocycles. The number of alkyl halides is 1. The molecule has 1 aliphatic rings. The summed E-state index contributed by atoms with van der Waals surface area (Å²) in [5.74, 6) is 1.14. The lowest BCUT2D eigenvalue weighted by Gasteiger charge is -2.22. The largest absolute Gasteiger partial charge is 0.371 e. The van der Waals surface area contributed by atoms with Crippen molar-refractivity contribution in [1.29, 1.82) is 0 Å². The highest BCUT2D eigenvalue weighted by Crippen LogP contribution is 2.33. The summed E-state index contributed by atoms with van der Waals surface area (Å²) in [5, 5.41) is 0. The Morgan fingerprint density at radius 1 is 1.30 bits per heavy atom. The Balaban J connectivity index is 1.82. The van der Waals surface area contributed by atoms with E-state index in [1.807, 2.05) is 13.1 Å². The van der Waals surface area contributed by atoms with Gasteiger partial charge in [0, 0.05) is 42.1 Å². The van der Waals surface area contributed by atoms with E-state index in [1.165, 1.54) is 17.7 Å². The molecule has 1 unspecified atom stereocenters. The Bertz CT molecular complexity index is 583. The number of hydrogen-bond acceptors (Lipinski definition) is 2. The lowest BCUT2D eigenvalue weighted by molar-refractivity contribution is 0.775. The average molecular weight is 287 g/mol. The number of hydrogen-bond donors (Lipinski definition) is 0.